The number of carbonyl (C=O) groups is 3. The average molecular weight is 379 g/mol. The Balaban J connectivity index is 1.66. The van der Waals surface area contributed by atoms with Crippen LogP contribution in [0.2, 0.25) is 0 Å². The lowest BCUT2D eigenvalue weighted by molar-refractivity contribution is -0.139. The second kappa shape index (κ2) is 8.69. The van der Waals surface area contributed by atoms with Crippen molar-refractivity contribution in [3.05, 3.63) is 71.8 Å². The first kappa shape index (κ1) is 19.6. The van der Waals surface area contributed by atoms with E-state index in [4.69, 9.17) is 0 Å². The Morgan fingerprint density at radius 1 is 1.00 bits per heavy atom. The van der Waals surface area contributed by atoms with Crippen molar-refractivity contribution in [2.45, 2.75) is 38.9 Å². The molecule has 1 N–H and O–H groups in total. The highest BCUT2D eigenvalue weighted by atomic mass is 16.2. The standard InChI is InChI=1S/C22H25N3O3/c1-16(2)24(14-18-11-7-4-8-12-18)20(26)15-25-21(27)19(23-22(25)28)13-17-9-5-3-6-10-17/h3-12,16,19H,13-15H2,1-2H3,(H,23,28). The van der Waals surface area contributed by atoms with E-state index in [-0.39, 0.29) is 24.4 Å². The molecule has 0 bridgehead atoms. The van der Waals surface area contributed by atoms with Crippen LogP contribution < -0.4 is 5.32 Å². The number of benzene rings is 2. The molecule has 0 radical (unpaired) electrons. The summed E-state index contributed by atoms with van der Waals surface area (Å²) < 4.78 is 0. The van der Waals surface area contributed by atoms with E-state index in [2.05, 4.69) is 5.32 Å². The van der Waals surface area contributed by atoms with Gasteiger partial charge in [-0.2, -0.15) is 0 Å². The third-order valence-electron chi connectivity index (χ3n) is 4.82. The smallest absolute Gasteiger partial charge is 0.325 e. The number of urea groups is 1. The van der Waals surface area contributed by atoms with Crippen LogP contribution in [0.5, 0.6) is 0 Å². The van der Waals surface area contributed by atoms with Crippen LogP contribution in [0.1, 0.15) is 25.0 Å². The van der Waals surface area contributed by atoms with Crippen molar-refractivity contribution in [3.8, 4) is 0 Å². The first-order chi connectivity index (χ1) is 13.5. The van der Waals surface area contributed by atoms with Gasteiger partial charge in [-0.1, -0.05) is 60.7 Å². The lowest BCUT2D eigenvalue weighted by atomic mass is 10.1. The Labute approximate surface area is 165 Å². The Bertz CT molecular complexity index is 837. The van der Waals surface area contributed by atoms with Crippen molar-refractivity contribution in [3.63, 3.8) is 0 Å². The fraction of sp³-hybridized carbons (Fsp3) is 0.318. The zero-order valence-electron chi connectivity index (χ0n) is 16.2. The zero-order chi connectivity index (χ0) is 20.1. The second-order valence-electron chi connectivity index (χ2n) is 7.22. The molecular formula is C22H25N3O3. The molecule has 0 spiro atoms. The van der Waals surface area contributed by atoms with Crippen LogP contribution >= 0.6 is 0 Å². The maximum Gasteiger partial charge on any atom is 0.325 e. The van der Waals surface area contributed by atoms with E-state index in [0.29, 0.717) is 13.0 Å². The molecule has 0 saturated carbocycles. The van der Waals surface area contributed by atoms with E-state index in [1.807, 2.05) is 74.5 Å². The van der Waals surface area contributed by atoms with E-state index in [1.165, 1.54) is 0 Å². The van der Waals surface area contributed by atoms with Crippen LogP contribution in [0, 0.1) is 0 Å². The molecule has 0 aliphatic carbocycles. The topological polar surface area (TPSA) is 69.7 Å². The van der Waals surface area contributed by atoms with Gasteiger partial charge < -0.3 is 10.2 Å². The van der Waals surface area contributed by atoms with E-state index in [1.54, 1.807) is 4.90 Å². The largest absolute Gasteiger partial charge is 0.334 e. The molecule has 1 fully saturated rings. The molecular weight excluding hydrogens is 354 g/mol. The number of nitrogens with zero attached hydrogens (tertiary/aromatic N) is 2. The lowest BCUT2D eigenvalue weighted by Crippen LogP contribution is -2.45. The number of nitrogens with one attached hydrogen (secondary N) is 1. The third kappa shape index (κ3) is 4.57. The molecule has 2 aromatic carbocycles. The van der Waals surface area contributed by atoms with Gasteiger partial charge >= 0.3 is 6.03 Å². The van der Waals surface area contributed by atoms with Crippen LogP contribution in [-0.4, -0.2) is 46.3 Å². The van der Waals surface area contributed by atoms with Crippen LogP contribution in [0.15, 0.2) is 60.7 Å². The molecule has 6 nitrogen and oxygen atoms in total. The summed E-state index contributed by atoms with van der Waals surface area (Å²) in [7, 11) is 0. The van der Waals surface area contributed by atoms with Gasteiger partial charge in [0, 0.05) is 19.0 Å². The quantitative estimate of drug-likeness (QED) is 0.752. The predicted molar refractivity (Wildman–Crippen MR) is 106 cm³/mol. The molecule has 4 amide bonds. The molecule has 1 heterocycles. The molecule has 6 heteroatoms. The minimum absolute atomic E-state index is 0.0476. The molecule has 28 heavy (non-hydrogen) atoms. The summed E-state index contributed by atoms with van der Waals surface area (Å²) in [6.07, 6.45) is 0.411. The Morgan fingerprint density at radius 2 is 1.57 bits per heavy atom. The second-order valence-corrected chi connectivity index (χ2v) is 7.22. The number of amides is 4. The van der Waals surface area contributed by atoms with Gasteiger partial charge in [0.15, 0.2) is 0 Å². The highest BCUT2D eigenvalue weighted by molar-refractivity contribution is 6.06. The Morgan fingerprint density at radius 3 is 2.14 bits per heavy atom. The third-order valence-corrected chi connectivity index (χ3v) is 4.82. The monoisotopic (exact) mass is 379 g/mol. The fourth-order valence-electron chi connectivity index (χ4n) is 3.28. The molecule has 146 valence electrons. The molecule has 2 aromatic rings. The maximum atomic E-state index is 12.9. The summed E-state index contributed by atoms with van der Waals surface area (Å²) in [6.45, 7) is 4.03. The highest BCUT2D eigenvalue weighted by Crippen LogP contribution is 2.14. The first-order valence-electron chi connectivity index (χ1n) is 9.45. The van der Waals surface area contributed by atoms with Crippen molar-refractivity contribution in [1.82, 2.24) is 15.1 Å². The summed E-state index contributed by atoms with van der Waals surface area (Å²) in [5.74, 6) is -0.603. The van der Waals surface area contributed by atoms with Crippen molar-refractivity contribution in [2.75, 3.05) is 6.54 Å². The molecule has 1 unspecified atom stereocenters. The molecule has 1 atom stereocenters. The fourth-order valence-corrected chi connectivity index (χ4v) is 3.28. The van der Waals surface area contributed by atoms with E-state index in [9.17, 15) is 14.4 Å². The summed E-state index contributed by atoms with van der Waals surface area (Å²) in [4.78, 5) is 40.5. The summed E-state index contributed by atoms with van der Waals surface area (Å²) in [5.41, 5.74) is 1.96. The van der Waals surface area contributed by atoms with Gasteiger partial charge in [0.25, 0.3) is 5.91 Å². The van der Waals surface area contributed by atoms with Gasteiger partial charge in [-0.05, 0) is 25.0 Å². The van der Waals surface area contributed by atoms with Crippen molar-refractivity contribution >= 4 is 17.8 Å². The Kier molecular flexibility index (Phi) is 6.09. The van der Waals surface area contributed by atoms with Crippen molar-refractivity contribution < 1.29 is 14.4 Å². The molecule has 1 saturated heterocycles. The lowest BCUT2D eigenvalue weighted by Gasteiger charge is -2.28. The zero-order valence-corrected chi connectivity index (χ0v) is 16.2. The van der Waals surface area contributed by atoms with Gasteiger partial charge in [-0.15, -0.1) is 0 Å². The normalized spacial score (nSPS) is 16.4. The van der Waals surface area contributed by atoms with Gasteiger partial charge in [0.2, 0.25) is 5.91 Å². The minimum Gasteiger partial charge on any atom is -0.334 e. The maximum absolute atomic E-state index is 12.9. The number of carbonyl (C=O) groups excluding carboxylic acids is 3. The van der Waals surface area contributed by atoms with Crippen LogP contribution in [0.4, 0.5) is 4.79 Å². The number of rotatable bonds is 7. The summed E-state index contributed by atoms with van der Waals surface area (Å²) in [6, 6.07) is 18.0. The van der Waals surface area contributed by atoms with Gasteiger partial charge in [-0.25, -0.2) is 4.79 Å². The van der Waals surface area contributed by atoms with E-state index in [0.717, 1.165) is 16.0 Å². The molecule has 0 aromatic heterocycles. The summed E-state index contributed by atoms with van der Waals surface area (Å²) >= 11 is 0. The molecule has 1 aliphatic rings. The number of hydrogen-bond donors (Lipinski definition) is 1. The van der Waals surface area contributed by atoms with Crippen LogP contribution in [0.3, 0.4) is 0 Å². The van der Waals surface area contributed by atoms with Gasteiger partial charge in [0.1, 0.15) is 12.6 Å². The SMILES string of the molecule is CC(C)N(Cc1ccccc1)C(=O)CN1C(=O)NC(Cc2ccccc2)C1=O. The predicted octanol–water partition coefficient (Wildman–Crippen LogP) is 2.59. The summed E-state index contributed by atoms with van der Waals surface area (Å²) in [5, 5.41) is 2.69. The first-order valence-corrected chi connectivity index (χ1v) is 9.45. The van der Waals surface area contributed by atoms with Crippen LogP contribution in [0.25, 0.3) is 0 Å². The van der Waals surface area contributed by atoms with Crippen LogP contribution in [-0.2, 0) is 22.6 Å². The Hall–Kier alpha value is -3.15. The average Bonchev–Trinajstić information content (AvgIpc) is 2.94. The molecule has 3 rings (SSSR count). The van der Waals surface area contributed by atoms with E-state index >= 15 is 0 Å². The van der Waals surface area contributed by atoms with Crippen molar-refractivity contribution in [2.24, 2.45) is 0 Å². The van der Waals surface area contributed by atoms with Gasteiger partial charge in [0.05, 0.1) is 0 Å². The number of imide groups is 1. The minimum atomic E-state index is -0.635. The van der Waals surface area contributed by atoms with E-state index < -0.39 is 12.1 Å². The van der Waals surface area contributed by atoms with Gasteiger partial charge in [-0.3, -0.25) is 14.5 Å². The number of hydrogen-bond acceptors (Lipinski definition) is 3. The highest BCUT2D eigenvalue weighted by Gasteiger charge is 2.39. The molecule has 1 aliphatic heterocycles. The van der Waals surface area contributed by atoms with Crippen molar-refractivity contribution in [1.29, 1.82) is 0 Å².